The van der Waals surface area contributed by atoms with Crippen molar-refractivity contribution in [1.82, 2.24) is 19.4 Å². The minimum Gasteiger partial charge on any atom is -0.336 e. The number of halogens is 1. The van der Waals surface area contributed by atoms with Crippen LogP contribution in [-0.2, 0) is 17.9 Å². The van der Waals surface area contributed by atoms with E-state index in [4.69, 9.17) is 11.6 Å². The first-order valence-corrected chi connectivity index (χ1v) is 7.31. The van der Waals surface area contributed by atoms with Crippen molar-refractivity contribution in [2.45, 2.75) is 13.1 Å². The van der Waals surface area contributed by atoms with Crippen molar-refractivity contribution >= 4 is 23.5 Å². The molecule has 22 heavy (non-hydrogen) atoms. The second-order valence-electron chi connectivity index (χ2n) is 5.11. The second-order valence-corrected chi connectivity index (χ2v) is 5.55. The maximum Gasteiger partial charge on any atom is 0.327 e. The van der Waals surface area contributed by atoms with Gasteiger partial charge in [-0.1, -0.05) is 23.7 Å². The molecule has 0 spiro atoms. The number of carbonyl (C=O) groups is 2. The molecule has 0 unspecified atom stereocenters. The lowest BCUT2D eigenvalue weighted by molar-refractivity contribution is -0.125. The topological polar surface area (TPSA) is 58.4 Å². The SMILES string of the molecule is O=C1CN(Cc2ccc(Cl)cc2)C(=O)N1CCn1ccnc1. The van der Waals surface area contributed by atoms with Gasteiger partial charge in [-0.05, 0) is 17.7 Å². The monoisotopic (exact) mass is 318 g/mol. The summed E-state index contributed by atoms with van der Waals surface area (Å²) in [5.41, 5.74) is 0.946. The molecule has 2 heterocycles. The number of carbonyl (C=O) groups excluding carboxylic acids is 2. The Bertz CT molecular complexity index is 669. The Hall–Kier alpha value is -2.34. The molecular formula is C15H15ClN4O2. The van der Waals surface area contributed by atoms with E-state index in [0.29, 0.717) is 24.7 Å². The van der Waals surface area contributed by atoms with Crippen molar-refractivity contribution in [3.63, 3.8) is 0 Å². The Morgan fingerprint density at radius 1 is 1.14 bits per heavy atom. The summed E-state index contributed by atoms with van der Waals surface area (Å²) in [7, 11) is 0. The van der Waals surface area contributed by atoms with Gasteiger partial charge in [-0.2, -0.15) is 0 Å². The number of nitrogens with zero attached hydrogens (tertiary/aromatic N) is 4. The lowest BCUT2D eigenvalue weighted by Gasteiger charge is -2.17. The average Bonchev–Trinajstić information content (AvgIpc) is 3.10. The molecule has 6 nitrogen and oxygen atoms in total. The number of urea groups is 1. The molecule has 1 aliphatic rings. The molecular weight excluding hydrogens is 304 g/mol. The average molecular weight is 319 g/mol. The van der Waals surface area contributed by atoms with Crippen molar-refractivity contribution < 1.29 is 9.59 Å². The van der Waals surface area contributed by atoms with Crippen LogP contribution in [0.15, 0.2) is 43.0 Å². The summed E-state index contributed by atoms with van der Waals surface area (Å²) in [6, 6.07) is 7.01. The van der Waals surface area contributed by atoms with Gasteiger partial charge < -0.3 is 9.47 Å². The van der Waals surface area contributed by atoms with Crippen LogP contribution in [0, 0.1) is 0 Å². The molecule has 7 heteroatoms. The standard InChI is InChI=1S/C15H15ClN4O2/c16-13-3-1-12(2-4-13)9-19-10-14(21)20(15(19)22)8-7-18-6-5-17-11-18/h1-6,11H,7-10H2. The zero-order valence-corrected chi connectivity index (χ0v) is 12.6. The summed E-state index contributed by atoms with van der Waals surface area (Å²) in [6.45, 7) is 1.42. The highest BCUT2D eigenvalue weighted by atomic mass is 35.5. The van der Waals surface area contributed by atoms with Gasteiger partial charge in [0, 0.05) is 37.1 Å². The molecule has 0 aliphatic carbocycles. The Morgan fingerprint density at radius 2 is 1.91 bits per heavy atom. The summed E-state index contributed by atoms with van der Waals surface area (Å²) >= 11 is 5.84. The van der Waals surface area contributed by atoms with E-state index in [1.165, 1.54) is 4.90 Å². The zero-order chi connectivity index (χ0) is 15.5. The van der Waals surface area contributed by atoms with E-state index >= 15 is 0 Å². The van der Waals surface area contributed by atoms with Crippen LogP contribution in [0.25, 0.3) is 0 Å². The highest BCUT2D eigenvalue weighted by molar-refractivity contribution is 6.30. The Balaban J connectivity index is 1.62. The molecule has 1 saturated heterocycles. The number of aromatic nitrogens is 2. The van der Waals surface area contributed by atoms with Crippen LogP contribution >= 0.6 is 11.6 Å². The molecule has 0 atom stereocenters. The van der Waals surface area contributed by atoms with Gasteiger partial charge >= 0.3 is 6.03 Å². The van der Waals surface area contributed by atoms with E-state index in [1.807, 2.05) is 16.7 Å². The van der Waals surface area contributed by atoms with Crippen molar-refractivity contribution in [2.75, 3.05) is 13.1 Å². The summed E-state index contributed by atoms with van der Waals surface area (Å²) in [4.78, 5) is 31.1. The van der Waals surface area contributed by atoms with E-state index < -0.39 is 0 Å². The van der Waals surface area contributed by atoms with Gasteiger partial charge in [0.05, 0.1) is 6.33 Å². The predicted molar refractivity (Wildman–Crippen MR) is 81.2 cm³/mol. The van der Waals surface area contributed by atoms with Crippen LogP contribution in [-0.4, -0.2) is 44.4 Å². The first kappa shape index (κ1) is 14.6. The number of imidazole rings is 1. The molecule has 1 aromatic heterocycles. The number of hydrogen-bond donors (Lipinski definition) is 0. The van der Waals surface area contributed by atoms with Crippen LogP contribution in [0.1, 0.15) is 5.56 Å². The Kier molecular flexibility index (Phi) is 4.11. The molecule has 0 radical (unpaired) electrons. The zero-order valence-electron chi connectivity index (χ0n) is 11.9. The maximum atomic E-state index is 12.3. The van der Waals surface area contributed by atoms with Crippen LogP contribution < -0.4 is 0 Å². The quantitative estimate of drug-likeness (QED) is 0.792. The highest BCUT2D eigenvalue weighted by Crippen LogP contribution is 2.16. The molecule has 2 aromatic rings. The normalized spacial score (nSPS) is 15.0. The lowest BCUT2D eigenvalue weighted by atomic mass is 10.2. The smallest absolute Gasteiger partial charge is 0.327 e. The minimum atomic E-state index is -0.250. The predicted octanol–water partition coefficient (Wildman–Crippen LogP) is 2.00. The number of rotatable bonds is 5. The van der Waals surface area contributed by atoms with Crippen molar-refractivity contribution in [3.05, 3.63) is 53.6 Å². The molecule has 3 rings (SSSR count). The van der Waals surface area contributed by atoms with Gasteiger partial charge in [-0.15, -0.1) is 0 Å². The van der Waals surface area contributed by atoms with Crippen molar-refractivity contribution in [3.8, 4) is 0 Å². The molecule has 1 aromatic carbocycles. The number of benzene rings is 1. The van der Waals surface area contributed by atoms with E-state index in [9.17, 15) is 9.59 Å². The highest BCUT2D eigenvalue weighted by Gasteiger charge is 2.35. The van der Waals surface area contributed by atoms with Gasteiger partial charge in [0.25, 0.3) is 0 Å². The van der Waals surface area contributed by atoms with Gasteiger partial charge in [0.2, 0.25) is 5.91 Å². The van der Waals surface area contributed by atoms with Crippen LogP contribution in [0.4, 0.5) is 4.79 Å². The molecule has 1 aliphatic heterocycles. The van der Waals surface area contributed by atoms with Gasteiger partial charge in [0.1, 0.15) is 6.54 Å². The third-order valence-corrected chi connectivity index (χ3v) is 3.81. The third-order valence-electron chi connectivity index (χ3n) is 3.56. The largest absolute Gasteiger partial charge is 0.336 e. The molecule has 3 amide bonds. The first-order chi connectivity index (χ1) is 10.6. The first-order valence-electron chi connectivity index (χ1n) is 6.93. The van der Waals surface area contributed by atoms with E-state index in [-0.39, 0.29) is 18.5 Å². The van der Waals surface area contributed by atoms with Gasteiger partial charge in [-0.3, -0.25) is 9.69 Å². The Morgan fingerprint density at radius 3 is 2.59 bits per heavy atom. The fourth-order valence-corrected chi connectivity index (χ4v) is 2.51. The van der Waals surface area contributed by atoms with Crippen LogP contribution in [0.2, 0.25) is 5.02 Å². The second kappa shape index (κ2) is 6.19. The van der Waals surface area contributed by atoms with E-state index in [2.05, 4.69) is 4.98 Å². The number of hydrogen-bond acceptors (Lipinski definition) is 3. The minimum absolute atomic E-state index is 0.116. The number of amides is 3. The summed E-state index contributed by atoms with van der Waals surface area (Å²) in [6.07, 6.45) is 5.13. The van der Waals surface area contributed by atoms with E-state index in [0.717, 1.165) is 5.56 Å². The molecule has 1 fully saturated rings. The molecule has 0 bridgehead atoms. The van der Waals surface area contributed by atoms with Crippen LogP contribution in [0.3, 0.4) is 0 Å². The maximum absolute atomic E-state index is 12.3. The van der Waals surface area contributed by atoms with Gasteiger partial charge in [0.15, 0.2) is 0 Å². The summed E-state index contributed by atoms with van der Waals surface area (Å²) in [5.74, 6) is -0.168. The van der Waals surface area contributed by atoms with Crippen LogP contribution in [0.5, 0.6) is 0 Å². The lowest BCUT2D eigenvalue weighted by Crippen LogP contribution is -2.35. The Labute approximate surface area is 132 Å². The fourth-order valence-electron chi connectivity index (χ4n) is 2.38. The van der Waals surface area contributed by atoms with Gasteiger partial charge in [-0.25, -0.2) is 9.78 Å². The summed E-state index contributed by atoms with van der Waals surface area (Å²) in [5, 5.41) is 0.648. The fraction of sp³-hybridized carbons (Fsp3) is 0.267. The summed E-state index contributed by atoms with van der Waals surface area (Å²) < 4.78 is 1.84. The number of imide groups is 1. The third kappa shape index (κ3) is 3.12. The molecule has 0 N–H and O–H groups in total. The van der Waals surface area contributed by atoms with E-state index in [1.54, 1.807) is 35.8 Å². The molecule has 114 valence electrons. The molecule has 0 saturated carbocycles. The van der Waals surface area contributed by atoms with Crippen molar-refractivity contribution in [1.29, 1.82) is 0 Å². The van der Waals surface area contributed by atoms with Crippen molar-refractivity contribution in [2.24, 2.45) is 0 Å².